The Bertz CT molecular complexity index is 371. The highest BCUT2D eigenvalue weighted by molar-refractivity contribution is 5.85. The quantitative estimate of drug-likeness (QED) is 0.713. The molecule has 0 aromatic carbocycles. The van der Waals surface area contributed by atoms with Gasteiger partial charge in [0.25, 0.3) is 0 Å². The van der Waals surface area contributed by atoms with E-state index >= 15 is 0 Å². The lowest BCUT2D eigenvalue weighted by molar-refractivity contribution is 0.196. The van der Waals surface area contributed by atoms with E-state index in [1.165, 1.54) is 11.3 Å². The van der Waals surface area contributed by atoms with Crippen LogP contribution in [0.1, 0.15) is 32.1 Å². The Balaban J connectivity index is 2.19. The number of aromatic amines is 1. The Morgan fingerprint density at radius 2 is 2.19 bits per heavy atom. The van der Waals surface area contributed by atoms with Crippen LogP contribution in [0.25, 0.3) is 0 Å². The van der Waals surface area contributed by atoms with Crippen molar-refractivity contribution in [1.29, 1.82) is 0 Å². The summed E-state index contributed by atoms with van der Waals surface area (Å²) in [6.07, 6.45) is 4.22. The monoisotopic (exact) mass is 224 g/mol. The van der Waals surface area contributed by atoms with Gasteiger partial charge in [-0.1, -0.05) is 19.3 Å². The molecule has 1 aromatic rings. The van der Waals surface area contributed by atoms with Crippen LogP contribution < -0.4 is 10.6 Å². The summed E-state index contributed by atoms with van der Waals surface area (Å²) in [5.74, 6) is 0.786. The maximum absolute atomic E-state index is 11.2. The fourth-order valence-electron chi connectivity index (χ4n) is 2.25. The Hall–Kier alpha value is -1.72. The molecule has 88 valence electrons. The highest BCUT2D eigenvalue weighted by Gasteiger charge is 2.27. The van der Waals surface area contributed by atoms with Gasteiger partial charge in [-0.3, -0.25) is 10.00 Å². The molecule has 6 heteroatoms. The summed E-state index contributed by atoms with van der Waals surface area (Å²) in [4.78, 5) is 12.6. The Morgan fingerprint density at radius 3 is 2.69 bits per heavy atom. The number of carboxylic acid groups (broad SMARTS) is 1. The molecule has 0 spiro atoms. The molecule has 1 aliphatic rings. The second-order valence-electron chi connectivity index (χ2n) is 4.12. The van der Waals surface area contributed by atoms with E-state index in [-0.39, 0.29) is 6.04 Å². The van der Waals surface area contributed by atoms with Gasteiger partial charge in [0.1, 0.15) is 11.6 Å². The summed E-state index contributed by atoms with van der Waals surface area (Å²) < 4.78 is 0. The number of nitrogen functional groups attached to an aromatic ring is 1. The van der Waals surface area contributed by atoms with Crippen LogP contribution in [0.15, 0.2) is 6.07 Å². The minimum absolute atomic E-state index is 0.0473. The standard InChI is InChI=1S/C10H16N4O2/c11-8-6-9(13-12-8)14(10(15)16)7-4-2-1-3-5-7/h6-7H,1-5H2,(H,15,16)(H3,11,12,13). The lowest BCUT2D eigenvalue weighted by atomic mass is 9.94. The van der Waals surface area contributed by atoms with Crippen molar-refractivity contribution in [3.05, 3.63) is 6.07 Å². The highest BCUT2D eigenvalue weighted by Crippen LogP contribution is 2.26. The largest absolute Gasteiger partial charge is 0.465 e. The first-order valence-electron chi connectivity index (χ1n) is 5.51. The fraction of sp³-hybridized carbons (Fsp3) is 0.600. The SMILES string of the molecule is Nc1cc(N(C(=O)O)C2CCCCC2)[nH]n1. The molecule has 1 heterocycles. The van der Waals surface area contributed by atoms with Crippen LogP contribution in [-0.4, -0.2) is 27.4 Å². The predicted molar refractivity (Wildman–Crippen MR) is 60.4 cm³/mol. The van der Waals surface area contributed by atoms with Crippen molar-refractivity contribution >= 4 is 17.7 Å². The van der Waals surface area contributed by atoms with Crippen molar-refractivity contribution in [2.24, 2.45) is 0 Å². The summed E-state index contributed by atoms with van der Waals surface area (Å²) in [5, 5.41) is 15.6. The van der Waals surface area contributed by atoms with Crippen LogP contribution in [0, 0.1) is 0 Å². The van der Waals surface area contributed by atoms with Gasteiger partial charge in [0.05, 0.1) is 0 Å². The van der Waals surface area contributed by atoms with E-state index in [2.05, 4.69) is 10.2 Å². The molecule has 1 fully saturated rings. The maximum atomic E-state index is 11.2. The maximum Gasteiger partial charge on any atom is 0.413 e. The van der Waals surface area contributed by atoms with E-state index in [9.17, 15) is 9.90 Å². The number of rotatable bonds is 2. The molecule has 0 unspecified atom stereocenters. The molecule has 16 heavy (non-hydrogen) atoms. The molecule has 1 amide bonds. The number of hydrogen-bond acceptors (Lipinski definition) is 3. The van der Waals surface area contributed by atoms with Crippen LogP contribution in [0.3, 0.4) is 0 Å². The summed E-state index contributed by atoms with van der Waals surface area (Å²) >= 11 is 0. The van der Waals surface area contributed by atoms with Gasteiger partial charge in [-0.25, -0.2) is 4.79 Å². The second-order valence-corrected chi connectivity index (χ2v) is 4.12. The van der Waals surface area contributed by atoms with Crippen LogP contribution in [0.4, 0.5) is 16.4 Å². The Kier molecular flexibility index (Phi) is 2.98. The zero-order chi connectivity index (χ0) is 11.5. The molecule has 0 atom stereocenters. The lowest BCUT2D eigenvalue weighted by Gasteiger charge is -2.30. The van der Waals surface area contributed by atoms with Gasteiger partial charge in [-0.05, 0) is 12.8 Å². The van der Waals surface area contributed by atoms with Crippen molar-refractivity contribution in [2.45, 2.75) is 38.1 Å². The van der Waals surface area contributed by atoms with E-state index in [4.69, 9.17) is 5.73 Å². The smallest absolute Gasteiger partial charge is 0.413 e. The zero-order valence-corrected chi connectivity index (χ0v) is 9.02. The molecule has 0 bridgehead atoms. The number of anilines is 2. The molecule has 1 aromatic heterocycles. The van der Waals surface area contributed by atoms with Crippen molar-refractivity contribution in [3.63, 3.8) is 0 Å². The van der Waals surface area contributed by atoms with E-state index < -0.39 is 6.09 Å². The summed E-state index contributed by atoms with van der Waals surface area (Å²) in [7, 11) is 0. The average molecular weight is 224 g/mol. The molecular weight excluding hydrogens is 208 g/mol. The number of H-pyrrole nitrogens is 1. The molecule has 4 N–H and O–H groups in total. The predicted octanol–water partition coefficient (Wildman–Crippen LogP) is 1.81. The number of carbonyl (C=O) groups is 1. The number of hydrogen-bond donors (Lipinski definition) is 3. The fourth-order valence-corrected chi connectivity index (χ4v) is 2.25. The van der Waals surface area contributed by atoms with Crippen LogP contribution >= 0.6 is 0 Å². The summed E-state index contributed by atoms with van der Waals surface area (Å²) in [5.41, 5.74) is 5.48. The number of aromatic nitrogens is 2. The van der Waals surface area contributed by atoms with E-state index in [0.717, 1.165) is 25.7 Å². The van der Waals surface area contributed by atoms with Crippen molar-refractivity contribution in [1.82, 2.24) is 10.2 Å². The van der Waals surface area contributed by atoms with Gasteiger partial charge in [0, 0.05) is 12.1 Å². The first kappa shape index (κ1) is 10.8. The van der Waals surface area contributed by atoms with E-state index in [0.29, 0.717) is 11.6 Å². The van der Waals surface area contributed by atoms with Crippen LogP contribution in [0.5, 0.6) is 0 Å². The van der Waals surface area contributed by atoms with Crippen molar-refractivity contribution in [3.8, 4) is 0 Å². The second kappa shape index (κ2) is 4.42. The van der Waals surface area contributed by atoms with Crippen molar-refractivity contribution in [2.75, 3.05) is 10.6 Å². The van der Waals surface area contributed by atoms with E-state index in [1.54, 1.807) is 6.07 Å². The molecule has 0 saturated heterocycles. The molecule has 1 aliphatic carbocycles. The third kappa shape index (κ3) is 2.10. The van der Waals surface area contributed by atoms with Gasteiger partial charge in [-0.15, -0.1) is 0 Å². The first-order valence-corrected chi connectivity index (χ1v) is 5.51. The molecule has 1 saturated carbocycles. The first-order chi connectivity index (χ1) is 7.68. The number of nitrogens with two attached hydrogens (primary N) is 1. The lowest BCUT2D eigenvalue weighted by Crippen LogP contribution is -2.41. The third-order valence-corrected chi connectivity index (χ3v) is 2.99. The molecule has 2 rings (SSSR count). The van der Waals surface area contributed by atoms with Gasteiger partial charge in [-0.2, -0.15) is 5.10 Å². The Labute approximate surface area is 93.4 Å². The summed E-state index contributed by atoms with van der Waals surface area (Å²) in [6, 6.07) is 1.61. The average Bonchev–Trinajstić information content (AvgIpc) is 2.66. The van der Waals surface area contributed by atoms with E-state index in [1.807, 2.05) is 0 Å². The van der Waals surface area contributed by atoms with Gasteiger partial charge >= 0.3 is 6.09 Å². The van der Waals surface area contributed by atoms with Crippen molar-refractivity contribution < 1.29 is 9.90 Å². The van der Waals surface area contributed by atoms with Crippen LogP contribution in [-0.2, 0) is 0 Å². The minimum Gasteiger partial charge on any atom is -0.465 e. The molecule has 6 nitrogen and oxygen atoms in total. The highest BCUT2D eigenvalue weighted by atomic mass is 16.4. The minimum atomic E-state index is -0.949. The van der Waals surface area contributed by atoms with Gasteiger partial charge in [0.15, 0.2) is 0 Å². The number of nitrogens with zero attached hydrogens (tertiary/aromatic N) is 2. The molecule has 0 aliphatic heterocycles. The van der Waals surface area contributed by atoms with Gasteiger partial charge < -0.3 is 10.8 Å². The van der Waals surface area contributed by atoms with Gasteiger partial charge in [0.2, 0.25) is 0 Å². The number of amides is 1. The number of nitrogens with one attached hydrogen (secondary N) is 1. The Morgan fingerprint density at radius 1 is 1.50 bits per heavy atom. The zero-order valence-electron chi connectivity index (χ0n) is 9.02. The van der Waals surface area contributed by atoms with Crippen LogP contribution in [0.2, 0.25) is 0 Å². The summed E-state index contributed by atoms with van der Waals surface area (Å²) in [6.45, 7) is 0. The molecular formula is C10H16N4O2. The topological polar surface area (TPSA) is 95.2 Å². The molecule has 0 radical (unpaired) electrons. The third-order valence-electron chi connectivity index (χ3n) is 2.99. The normalized spacial score (nSPS) is 17.2.